The maximum absolute atomic E-state index is 5.02. The van der Waals surface area contributed by atoms with Gasteiger partial charge in [0.1, 0.15) is 5.82 Å². The topological polar surface area (TPSA) is 47.9 Å². The SMILES string of the molecule is CN1C=CC(c2ccncc2)=NC1N1CCN(c2nsc3ccccc23)CC1. The first kappa shape index (κ1) is 17.3. The number of benzene rings is 1. The highest BCUT2D eigenvalue weighted by Gasteiger charge is 2.28. The number of anilines is 1. The van der Waals surface area contributed by atoms with Gasteiger partial charge in [-0.1, -0.05) is 12.1 Å². The van der Waals surface area contributed by atoms with Gasteiger partial charge in [-0.2, -0.15) is 4.37 Å². The maximum Gasteiger partial charge on any atom is 0.178 e. The minimum absolute atomic E-state index is 0.0301. The molecule has 7 heteroatoms. The number of aromatic nitrogens is 2. The van der Waals surface area contributed by atoms with E-state index in [0.717, 1.165) is 43.3 Å². The van der Waals surface area contributed by atoms with Gasteiger partial charge < -0.3 is 9.80 Å². The molecule has 4 heterocycles. The second-order valence-corrected chi connectivity index (χ2v) is 7.91. The van der Waals surface area contributed by atoms with Crippen molar-refractivity contribution in [3.8, 4) is 0 Å². The molecule has 1 saturated heterocycles. The number of hydrogen-bond acceptors (Lipinski definition) is 7. The summed E-state index contributed by atoms with van der Waals surface area (Å²) in [5.74, 6) is 1.12. The van der Waals surface area contributed by atoms with Crippen LogP contribution in [0.15, 0.2) is 66.1 Å². The fourth-order valence-corrected chi connectivity index (χ4v) is 4.62. The molecule has 1 atom stereocenters. The predicted molar refractivity (Wildman–Crippen MR) is 115 cm³/mol. The minimum Gasteiger partial charge on any atom is -0.353 e. The number of aliphatic imine (C=N–C) groups is 1. The molecule has 2 aliphatic rings. The standard InChI is InChI=1S/C21H22N6S/c1-25-11-8-18(16-6-9-22-10-7-16)23-21(25)27-14-12-26(13-15-27)20-17-4-2-3-5-19(17)28-24-20/h2-11,21H,12-15H2,1H3. The molecule has 2 aliphatic heterocycles. The van der Waals surface area contributed by atoms with Gasteiger partial charge in [0, 0.05) is 62.8 Å². The molecule has 5 rings (SSSR count). The van der Waals surface area contributed by atoms with Gasteiger partial charge in [0.2, 0.25) is 0 Å². The van der Waals surface area contributed by atoms with Gasteiger partial charge in [-0.15, -0.1) is 0 Å². The Morgan fingerprint density at radius 3 is 2.61 bits per heavy atom. The number of pyridine rings is 1. The Kier molecular flexibility index (Phi) is 4.54. The Balaban J connectivity index is 1.32. The lowest BCUT2D eigenvalue weighted by Gasteiger charge is -2.41. The van der Waals surface area contributed by atoms with Crippen molar-refractivity contribution < 1.29 is 0 Å². The predicted octanol–water partition coefficient (Wildman–Crippen LogP) is 3.05. The summed E-state index contributed by atoms with van der Waals surface area (Å²) in [4.78, 5) is 16.1. The van der Waals surface area contributed by atoms with Crippen molar-refractivity contribution in [3.63, 3.8) is 0 Å². The van der Waals surface area contributed by atoms with Crippen LogP contribution in [-0.2, 0) is 0 Å². The molecular formula is C21H22N6S. The molecule has 0 N–H and O–H groups in total. The van der Waals surface area contributed by atoms with Crippen molar-refractivity contribution in [3.05, 3.63) is 66.6 Å². The molecule has 0 bridgehead atoms. The number of hydrogen-bond donors (Lipinski definition) is 0. The van der Waals surface area contributed by atoms with E-state index in [9.17, 15) is 0 Å². The van der Waals surface area contributed by atoms with Crippen molar-refractivity contribution in [1.82, 2.24) is 19.2 Å². The number of rotatable bonds is 3. The number of piperazine rings is 1. The fraction of sp³-hybridized carbons (Fsp3) is 0.286. The summed E-state index contributed by atoms with van der Waals surface area (Å²) in [5.41, 5.74) is 2.12. The van der Waals surface area contributed by atoms with Crippen LogP contribution in [0.1, 0.15) is 5.56 Å². The normalized spacial score (nSPS) is 20.6. The van der Waals surface area contributed by atoms with E-state index in [1.165, 1.54) is 10.1 Å². The van der Waals surface area contributed by atoms with E-state index < -0.39 is 0 Å². The van der Waals surface area contributed by atoms with Crippen LogP contribution in [-0.4, -0.2) is 64.4 Å². The van der Waals surface area contributed by atoms with Crippen LogP contribution < -0.4 is 4.90 Å². The van der Waals surface area contributed by atoms with Crippen LogP contribution >= 0.6 is 11.5 Å². The van der Waals surface area contributed by atoms with Crippen molar-refractivity contribution in [2.24, 2.45) is 4.99 Å². The van der Waals surface area contributed by atoms with Gasteiger partial charge >= 0.3 is 0 Å². The van der Waals surface area contributed by atoms with Crippen LogP contribution in [0.2, 0.25) is 0 Å². The summed E-state index contributed by atoms with van der Waals surface area (Å²) >= 11 is 1.59. The van der Waals surface area contributed by atoms with Gasteiger partial charge in [-0.25, -0.2) is 4.99 Å². The quantitative estimate of drug-likeness (QED) is 0.688. The van der Waals surface area contributed by atoms with Crippen LogP contribution in [0.5, 0.6) is 0 Å². The average molecular weight is 391 g/mol. The van der Waals surface area contributed by atoms with E-state index in [2.05, 4.69) is 63.3 Å². The maximum atomic E-state index is 5.02. The van der Waals surface area contributed by atoms with Crippen LogP contribution in [0.4, 0.5) is 5.82 Å². The lowest BCUT2D eigenvalue weighted by Crippen LogP contribution is -2.54. The molecule has 0 aliphatic carbocycles. The third-order valence-corrected chi connectivity index (χ3v) is 6.18. The Morgan fingerprint density at radius 2 is 1.79 bits per heavy atom. The molecule has 0 saturated carbocycles. The van der Waals surface area contributed by atoms with Gasteiger partial charge in [-0.05, 0) is 41.9 Å². The second kappa shape index (κ2) is 7.33. The average Bonchev–Trinajstić information content (AvgIpc) is 3.19. The molecule has 0 radical (unpaired) electrons. The molecule has 0 spiro atoms. The van der Waals surface area contributed by atoms with E-state index in [0.29, 0.717) is 0 Å². The summed E-state index contributed by atoms with van der Waals surface area (Å²) < 4.78 is 5.97. The molecule has 2 aromatic heterocycles. The van der Waals surface area contributed by atoms with Crippen molar-refractivity contribution in [1.29, 1.82) is 0 Å². The lowest BCUT2D eigenvalue weighted by atomic mass is 10.1. The highest BCUT2D eigenvalue weighted by Crippen LogP contribution is 2.30. The van der Waals surface area contributed by atoms with Crippen LogP contribution in [0, 0.1) is 0 Å². The molecule has 142 valence electrons. The third-order valence-electron chi connectivity index (χ3n) is 5.36. The smallest absolute Gasteiger partial charge is 0.178 e. The minimum atomic E-state index is 0.0301. The van der Waals surface area contributed by atoms with E-state index >= 15 is 0 Å². The van der Waals surface area contributed by atoms with Crippen molar-refractivity contribution in [2.75, 3.05) is 38.1 Å². The fourth-order valence-electron chi connectivity index (χ4n) is 3.82. The molecule has 0 amide bonds. The molecule has 3 aromatic rings. The summed E-state index contributed by atoms with van der Waals surface area (Å²) in [7, 11) is 2.09. The van der Waals surface area contributed by atoms with Gasteiger partial charge in [0.15, 0.2) is 6.29 Å². The first-order valence-corrected chi connectivity index (χ1v) is 10.3. The summed E-state index contributed by atoms with van der Waals surface area (Å²) in [6, 6.07) is 12.5. The van der Waals surface area contributed by atoms with Crippen LogP contribution in [0.25, 0.3) is 10.1 Å². The molecule has 1 unspecified atom stereocenters. The highest BCUT2D eigenvalue weighted by atomic mass is 32.1. The Morgan fingerprint density at radius 1 is 1.00 bits per heavy atom. The first-order valence-electron chi connectivity index (χ1n) is 9.51. The van der Waals surface area contributed by atoms with E-state index in [1.54, 1.807) is 11.5 Å². The zero-order valence-electron chi connectivity index (χ0n) is 15.8. The zero-order chi connectivity index (χ0) is 18.9. The molecule has 1 aromatic carbocycles. The largest absolute Gasteiger partial charge is 0.353 e. The van der Waals surface area contributed by atoms with Gasteiger partial charge in [-0.3, -0.25) is 9.88 Å². The lowest BCUT2D eigenvalue weighted by molar-refractivity contribution is 0.0921. The highest BCUT2D eigenvalue weighted by molar-refractivity contribution is 7.13. The molecule has 28 heavy (non-hydrogen) atoms. The van der Waals surface area contributed by atoms with Gasteiger partial charge in [0.05, 0.1) is 10.4 Å². The molecule has 6 nitrogen and oxygen atoms in total. The van der Waals surface area contributed by atoms with Crippen LogP contribution in [0.3, 0.4) is 0 Å². The Bertz CT molecular complexity index is 1020. The number of fused-ring (bicyclic) bond motifs is 1. The molecule has 1 fully saturated rings. The summed E-state index contributed by atoms with van der Waals surface area (Å²) in [6.07, 6.45) is 7.85. The molecular weight excluding hydrogens is 368 g/mol. The summed E-state index contributed by atoms with van der Waals surface area (Å²) in [5, 5.41) is 1.26. The number of allylic oxidation sites excluding steroid dienone is 1. The van der Waals surface area contributed by atoms with E-state index in [-0.39, 0.29) is 6.29 Å². The van der Waals surface area contributed by atoms with Crippen molar-refractivity contribution >= 4 is 33.1 Å². The third kappa shape index (κ3) is 3.16. The Hall–Kier alpha value is -2.77. The van der Waals surface area contributed by atoms with E-state index in [4.69, 9.17) is 9.37 Å². The summed E-state index contributed by atoms with van der Waals surface area (Å²) in [6.45, 7) is 3.84. The number of nitrogens with zero attached hydrogens (tertiary/aromatic N) is 6. The Labute approximate surface area is 168 Å². The van der Waals surface area contributed by atoms with Gasteiger partial charge in [0.25, 0.3) is 0 Å². The monoisotopic (exact) mass is 390 g/mol. The van der Waals surface area contributed by atoms with Crippen molar-refractivity contribution in [2.45, 2.75) is 6.29 Å². The zero-order valence-corrected chi connectivity index (χ0v) is 16.6. The second-order valence-electron chi connectivity index (χ2n) is 7.10. The first-order chi connectivity index (χ1) is 13.8. The van der Waals surface area contributed by atoms with E-state index in [1.807, 2.05) is 24.5 Å².